The van der Waals surface area contributed by atoms with Crippen LogP contribution < -0.4 is 0 Å². The largest absolute Gasteiger partial charge is 0.480 e. The topological polar surface area (TPSA) is 85.2 Å². The molecule has 1 heterocycles. The molecule has 1 aromatic carbocycles. The first-order valence-corrected chi connectivity index (χ1v) is 10.7. The number of benzene rings is 1. The Morgan fingerprint density at radius 1 is 1.13 bits per heavy atom. The predicted octanol–water partition coefficient (Wildman–Crippen LogP) is 4.67. The van der Waals surface area contributed by atoms with Gasteiger partial charge in [-0.2, -0.15) is 0 Å². The minimum absolute atomic E-state index is 0.0728. The monoisotopic (exact) mass is 415 g/mol. The summed E-state index contributed by atoms with van der Waals surface area (Å²) < 4.78 is 11.7. The van der Waals surface area contributed by atoms with Crippen LogP contribution in [0.5, 0.6) is 0 Å². The van der Waals surface area contributed by atoms with E-state index < -0.39 is 23.6 Å². The number of allylic oxidation sites excluding steroid dienone is 1. The SMILES string of the molecule is CCCC(CCC)OC(=O)C1(OCc2ccc(C(C)C)cc2)C=CC=NC1C(=O)O. The number of carbonyl (C=O) groups excluding carboxylic acids is 1. The van der Waals surface area contributed by atoms with Crippen molar-refractivity contribution >= 4 is 18.2 Å². The van der Waals surface area contributed by atoms with Gasteiger partial charge in [-0.1, -0.05) is 64.8 Å². The predicted molar refractivity (Wildman–Crippen MR) is 117 cm³/mol. The number of hydrogen-bond donors (Lipinski definition) is 1. The molecule has 0 spiro atoms. The van der Waals surface area contributed by atoms with E-state index in [0.29, 0.717) is 5.92 Å². The van der Waals surface area contributed by atoms with Crippen LogP contribution in [0.3, 0.4) is 0 Å². The number of esters is 1. The van der Waals surface area contributed by atoms with Crippen molar-refractivity contribution in [1.82, 2.24) is 0 Å². The fourth-order valence-corrected chi connectivity index (χ4v) is 3.49. The summed E-state index contributed by atoms with van der Waals surface area (Å²) in [6.45, 7) is 8.34. The normalized spacial score (nSPS) is 20.7. The second-order valence-electron chi connectivity index (χ2n) is 7.98. The van der Waals surface area contributed by atoms with Gasteiger partial charge in [0.05, 0.1) is 6.61 Å². The molecule has 2 unspecified atom stereocenters. The quantitative estimate of drug-likeness (QED) is 0.531. The molecule has 1 N–H and O–H groups in total. The molecule has 30 heavy (non-hydrogen) atoms. The number of aliphatic carboxylic acids is 1. The van der Waals surface area contributed by atoms with E-state index >= 15 is 0 Å². The van der Waals surface area contributed by atoms with Gasteiger partial charge in [0, 0.05) is 6.21 Å². The number of carboxylic acids is 1. The molecule has 6 heteroatoms. The molecular formula is C24H33NO5. The van der Waals surface area contributed by atoms with Crippen LogP contribution in [0.2, 0.25) is 0 Å². The number of dihydropyridines is 1. The maximum absolute atomic E-state index is 13.2. The van der Waals surface area contributed by atoms with Crippen LogP contribution in [0.1, 0.15) is 70.4 Å². The highest BCUT2D eigenvalue weighted by atomic mass is 16.6. The van der Waals surface area contributed by atoms with Crippen LogP contribution in [0.25, 0.3) is 0 Å². The number of rotatable bonds is 11. The number of nitrogens with zero attached hydrogens (tertiary/aromatic N) is 1. The van der Waals surface area contributed by atoms with Crippen molar-refractivity contribution in [2.45, 2.75) is 83.6 Å². The molecule has 0 aliphatic carbocycles. The van der Waals surface area contributed by atoms with Crippen molar-refractivity contribution in [2.75, 3.05) is 0 Å². The fraction of sp³-hybridized carbons (Fsp3) is 0.542. The molecule has 0 aromatic heterocycles. The molecule has 0 amide bonds. The van der Waals surface area contributed by atoms with Crippen molar-refractivity contribution in [3.63, 3.8) is 0 Å². The Hall–Kier alpha value is -2.47. The Bertz CT molecular complexity index is 762. The van der Waals surface area contributed by atoms with E-state index in [9.17, 15) is 14.7 Å². The third-order valence-corrected chi connectivity index (χ3v) is 5.24. The second kappa shape index (κ2) is 11.1. The highest BCUT2D eigenvalue weighted by Gasteiger charge is 2.52. The van der Waals surface area contributed by atoms with Crippen molar-refractivity contribution in [3.8, 4) is 0 Å². The van der Waals surface area contributed by atoms with Gasteiger partial charge in [-0.15, -0.1) is 0 Å². The Morgan fingerprint density at radius 2 is 1.77 bits per heavy atom. The third-order valence-electron chi connectivity index (χ3n) is 5.24. The maximum atomic E-state index is 13.2. The lowest BCUT2D eigenvalue weighted by atomic mass is 9.91. The third kappa shape index (κ3) is 5.79. The number of carboxylic acid groups (broad SMARTS) is 1. The van der Waals surface area contributed by atoms with Gasteiger partial charge in [0.15, 0.2) is 6.04 Å². The molecule has 1 aliphatic rings. The zero-order valence-electron chi connectivity index (χ0n) is 18.3. The molecule has 6 nitrogen and oxygen atoms in total. The summed E-state index contributed by atoms with van der Waals surface area (Å²) in [5, 5.41) is 9.72. The maximum Gasteiger partial charge on any atom is 0.345 e. The van der Waals surface area contributed by atoms with Gasteiger partial charge in [-0.05, 0) is 42.0 Å². The Balaban J connectivity index is 2.27. The number of aliphatic imine (C=N–C) groups is 1. The van der Waals surface area contributed by atoms with Crippen molar-refractivity contribution in [2.24, 2.45) is 4.99 Å². The molecule has 0 bridgehead atoms. The van der Waals surface area contributed by atoms with Crippen LogP contribution in [0, 0.1) is 0 Å². The van der Waals surface area contributed by atoms with Crippen LogP contribution in [0.15, 0.2) is 41.4 Å². The highest BCUT2D eigenvalue weighted by molar-refractivity contribution is 5.95. The lowest BCUT2D eigenvalue weighted by Crippen LogP contribution is -2.55. The number of hydrogen-bond acceptors (Lipinski definition) is 5. The fourth-order valence-electron chi connectivity index (χ4n) is 3.49. The Morgan fingerprint density at radius 3 is 2.30 bits per heavy atom. The Kier molecular flexibility index (Phi) is 8.78. The molecule has 164 valence electrons. The first-order chi connectivity index (χ1) is 14.3. The van der Waals surface area contributed by atoms with Crippen LogP contribution in [-0.2, 0) is 25.7 Å². The number of ether oxygens (including phenoxy) is 2. The Labute approximate surface area is 179 Å². The van der Waals surface area contributed by atoms with Gasteiger partial charge in [0.2, 0.25) is 5.60 Å². The van der Waals surface area contributed by atoms with E-state index in [-0.39, 0.29) is 12.7 Å². The summed E-state index contributed by atoms with van der Waals surface area (Å²) >= 11 is 0. The van der Waals surface area contributed by atoms with Gasteiger partial charge in [0.1, 0.15) is 6.10 Å². The zero-order valence-corrected chi connectivity index (χ0v) is 18.3. The second-order valence-corrected chi connectivity index (χ2v) is 7.98. The van der Waals surface area contributed by atoms with Gasteiger partial charge in [-0.25, -0.2) is 9.59 Å². The standard InChI is InChI=1S/C24H33NO5/c1-5-8-20(9-6-2)30-23(28)24(14-7-15-25-21(24)22(26)27)29-16-18-10-12-19(13-11-18)17(3)4/h7,10-15,17,20-21H,5-6,8-9,16H2,1-4H3,(H,26,27). The van der Waals surface area contributed by atoms with E-state index in [4.69, 9.17) is 9.47 Å². The van der Waals surface area contributed by atoms with Gasteiger partial charge in [0.25, 0.3) is 0 Å². The van der Waals surface area contributed by atoms with E-state index in [1.807, 2.05) is 38.1 Å². The van der Waals surface area contributed by atoms with Crippen LogP contribution in [0.4, 0.5) is 0 Å². The average molecular weight is 416 g/mol. The summed E-state index contributed by atoms with van der Waals surface area (Å²) in [6.07, 6.45) is 7.27. The summed E-state index contributed by atoms with van der Waals surface area (Å²) in [5.74, 6) is -1.53. The molecular weight excluding hydrogens is 382 g/mol. The van der Waals surface area contributed by atoms with E-state index in [1.54, 1.807) is 0 Å². The molecule has 1 aliphatic heterocycles. The smallest absolute Gasteiger partial charge is 0.345 e. The van der Waals surface area contributed by atoms with Crippen molar-refractivity contribution in [3.05, 3.63) is 47.5 Å². The minimum Gasteiger partial charge on any atom is -0.480 e. The average Bonchev–Trinajstić information content (AvgIpc) is 2.73. The van der Waals surface area contributed by atoms with Crippen molar-refractivity contribution in [1.29, 1.82) is 0 Å². The lowest BCUT2D eigenvalue weighted by molar-refractivity contribution is -0.181. The van der Waals surface area contributed by atoms with Crippen molar-refractivity contribution < 1.29 is 24.2 Å². The van der Waals surface area contributed by atoms with E-state index in [2.05, 4.69) is 18.8 Å². The highest BCUT2D eigenvalue weighted by Crippen LogP contribution is 2.29. The summed E-state index contributed by atoms with van der Waals surface area (Å²) in [6, 6.07) is 6.48. The molecule has 0 radical (unpaired) electrons. The zero-order chi connectivity index (χ0) is 22.1. The van der Waals surface area contributed by atoms with E-state index in [1.165, 1.54) is 23.9 Å². The molecule has 0 saturated heterocycles. The first kappa shape index (κ1) is 23.8. The molecule has 2 atom stereocenters. The first-order valence-electron chi connectivity index (χ1n) is 10.7. The summed E-state index contributed by atoms with van der Waals surface area (Å²) in [4.78, 5) is 29.1. The van der Waals surface area contributed by atoms with Crippen LogP contribution in [-0.4, -0.2) is 41.0 Å². The van der Waals surface area contributed by atoms with Gasteiger partial charge in [-0.3, -0.25) is 4.99 Å². The number of carbonyl (C=O) groups is 2. The van der Waals surface area contributed by atoms with Gasteiger partial charge < -0.3 is 14.6 Å². The molecule has 1 aromatic rings. The minimum atomic E-state index is -1.79. The molecule has 2 rings (SSSR count). The summed E-state index contributed by atoms with van der Waals surface area (Å²) in [7, 11) is 0. The van der Waals surface area contributed by atoms with E-state index in [0.717, 1.165) is 31.2 Å². The summed E-state index contributed by atoms with van der Waals surface area (Å²) in [5.41, 5.74) is 0.245. The van der Waals surface area contributed by atoms with Crippen LogP contribution >= 0.6 is 0 Å². The lowest BCUT2D eigenvalue weighted by Gasteiger charge is -2.34. The van der Waals surface area contributed by atoms with Gasteiger partial charge >= 0.3 is 11.9 Å². The molecule has 0 fully saturated rings. The molecule has 0 saturated carbocycles.